The van der Waals surface area contributed by atoms with Crippen molar-refractivity contribution in [2.24, 2.45) is 17.3 Å². The fraction of sp³-hybridized carbons (Fsp3) is 0.548. The second kappa shape index (κ2) is 14.4. The molecular weight excluding hydrogens is 667 g/mol. The lowest BCUT2D eigenvalue weighted by Gasteiger charge is -2.64. The van der Waals surface area contributed by atoms with E-state index in [1.54, 1.807) is 17.2 Å². The number of para-hydroxylation sites is 1. The summed E-state index contributed by atoms with van der Waals surface area (Å²) in [7, 11) is -0.568. The summed E-state index contributed by atoms with van der Waals surface area (Å²) in [6.45, 7) is 12.2. The first-order valence-electron chi connectivity index (χ1n) is 19.5. The fourth-order valence-corrected chi connectivity index (χ4v) is 10.1. The smallest absolute Gasteiger partial charge is 0.464 e. The van der Waals surface area contributed by atoms with Crippen LogP contribution in [-0.2, 0) is 43.0 Å². The molecular formula is C42H51BN4O6. The van der Waals surface area contributed by atoms with Crippen LogP contribution in [0.1, 0.15) is 75.6 Å². The molecule has 1 aromatic heterocycles. The number of nitrogens with one attached hydrogen (secondary N) is 1. The fourth-order valence-electron chi connectivity index (χ4n) is 10.1. The van der Waals surface area contributed by atoms with Gasteiger partial charge in [0.25, 0.3) is 5.91 Å². The van der Waals surface area contributed by atoms with E-state index in [0.29, 0.717) is 44.6 Å². The molecule has 1 N–H and O–H groups in total. The number of fused-ring (bicyclic) bond motifs is 2. The van der Waals surface area contributed by atoms with Crippen molar-refractivity contribution in [3.63, 3.8) is 0 Å². The Kier molecular flexibility index (Phi) is 9.77. The molecule has 10 nitrogen and oxygen atoms in total. The van der Waals surface area contributed by atoms with Crippen molar-refractivity contribution in [3.8, 4) is 6.07 Å². The van der Waals surface area contributed by atoms with Gasteiger partial charge in [0, 0.05) is 44.3 Å². The molecule has 0 unspecified atom stereocenters. The number of furan rings is 1. The number of likely N-dealkylation sites (N-methyl/N-ethyl adjacent to an activating group) is 1. The van der Waals surface area contributed by atoms with E-state index in [1.807, 2.05) is 31.2 Å². The Morgan fingerprint density at radius 2 is 1.94 bits per heavy atom. The van der Waals surface area contributed by atoms with Gasteiger partial charge in [-0.2, -0.15) is 5.26 Å². The summed E-state index contributed by atoms with van der Waals surface area (Å²) in [5.41, 5.74) is 4.92. The highest BCUT2D eigenvalue weighted by Crippen LogP contribution is 2.65. The number of carbonyl (C=O) groups excluding carboxylic acids is 2. The molecule has 3 aliphatic heterocycles. The van der Waals surface area contributed by atoms with E-state index in [0.717, 1.165) is 66.3 Å². The van der Waals surface area contributed by atoms with Gasteiger partial charge in [0.2, 0.25) is 5.91 Å². The van der Waals surface area contributed by atoms with E-state index in [2.05, 4.69) is 55.3 Å². The van der Waals surface area contributed by atoms with Crippen LogP contribution in [-0.4, -0.2) is 85.3 Å². The van der Waals surface area contributed by atoms with Crippen LogP contribution in [0.15, 0.2) is 58.7 Å². The lowest BCUT2D eigenvalue weighted by Crippen LogP contribution is -2.65. The molecule has 11 heteroatoms. The van der Waals surface area contributed by atoms with Crippen LogP contribution in [0.2, 0.25) is 0 Å². The SMILES string of the molecule is CCN(C(=O)C(C#N)=Cc1ccc2c(c1)CN(CC(=O)N[C@@H](Cc1coc3ccccc13)B1O[C@@H]3C[C@@H]4C[C@@H](C4(C)C)[C@]3(C)O1)CC2)C1CCOCC1. The molecule has 2 bridgehead atoms. The minimum Gasteiger partial charge on any atom is -0.464 e. The average Bonchev–Trinajstić information content (AvgIpc) is 3.74. The molecule has 0 radical (unpaired) electrons. The summed E-state index contributed by atoms with van der Waals surface area (Å²) in [4.78, 5) is 31.4. The zero-order valence-corrected chi connectivity index (χ0v) is 31.4. The van der Waals surface area contributed by atoms with E-state index in [4.69, 9.17) is 18.5 Å². The van der Waals surface area contributed by atoms with Gasteiger partial charge in [-0.05, 0) is 104 Å². The number of carbonyl (C=O) groups is 2. The molecule has 2 saturated heterocycles. The quantitative estimate of drug-likeness (QED) is 0.161. The largest absolute Gasteiger partial charge is 0.482 e. The number of hydrogen-bond donors (Lipinski definition) is 1. The van der Waals surface area contributed by atoms with Gasteiger partial charge in [-0.25, -0.2) is 0 Å². The van der Waals surface area contributed by atoms with Crippen molar-refractivity contribution < 1.29 is 28.1 Å². The van der Waals surface area contributed by atoms with Crippen LogP contribution in [0, 0.1) is 28.6 Å². The Bertz CT molecular complexity index is 1950. The first-order valence-corrected chi connectivity index (χ1v) is 19.5. The van der Waals surface area contributed by atoms with Gasteiger partial charge in [-0.3, -0.25) is 14.5 Å². The predicted molar refractivity (Wildman–Crippen MR) is 202 cm³/mol. The normalized spacial score (nSPS) is 27.3. The summed E-state index contributed by atoms with van der Waals surface area (Å²) < 4.78 is 25.0. The Labute approximate surface area is 312 Å². The molecule has 3 aliphatic carbocycles. The van der Waals surface area contributed by atoms with E-state index in [-0.39, 0.29) is 47.1 Å². The zero-order chi connectivity index (χ0) is 36.9. The van der Waals surface area contributed by atoms with Crippen LogP contribution in [0.25, 0.3) is 17.0 Å². The molecule has 2 aromatic carbocycles. The number of ether oxygens (including phenoxy) is 1. The number of nitrogens with zero attached hydrogens (tertiary/aromatic N) is 3. The van der Waals surface area contributed by atoms with Crippen LogP contribution >= 0.6 is 0 Å². The van der Waals surface area contributed by atoms with Crippen molar-refractivity contribution in [1.29, 1.82) is 5.26 Å². The maximum Gasteiger partial charge on any atom is 0.482 e. The van der Waals surface area contributed by atoms with Gasteiger partial charge in [-0.1, -0.05) is 50.2 Å². The monoisotopic (exact) mass is 718 g/mol. The lowest BCUT2D eigenvalue weighted by molar-refractivity contribution is -0.199. The highest BCUT2D eigenvalue weighted by Gasteiger charge is 2.68. The van der Waals surface area contributed by atoms with Gasteiger partial charge < -0.3 is 28.7 Å². The Morgan fingerprint density at radius 1 is 1.13 bits per heavy atom. The number of nitriles is 1. The second-order valence-electron chi connectivity index (χ2n) is 16.6. The Morgan fingerprint density at radius 3 is 2.72 bits per heavy atom. The Hall–Kier alpha value is -3.95. The molecule has 53 heavy (non-hydrogen) atoms. The molecule has 4 heterocycles. The maximum absolute atomic E-state index is 13.9. The maximum atomic E-state index is 13.9. The topological polar surface area (TPSA) is 117 Å². The van der Waals surface area contributed by atoms with Crippen molar-refractivity contribution >= 4 is 36.0 Å². The molecule has 3 aromatic rings. The highest BCUT2D eigenvalue weighted by molar-refractivity contribution is 6.48. The highest BCUT2D eigenvalue weighted by atomic mass is 16.7. The summed E-state index contributed by atoms with van der Waals surface area (Å²) in [6, 6.07) is 16.3. The lowest BCUT2D eigenvalue weighted by atomic mass is 9.43. The van der Waals surface area contributed by atoms with Gasteiger partial charge >= 0.3 is 7.12 Å². The third-order valence-electron chi connectivity index (χ3n) is 13.2. The molecule has 5 atom stereocenters. The predicted octanol–water partition coefficient (Wildman–Crippen LogP) is 5.72. The number of rotatable bonds is 10. The van der Waals surface area contributed by atoms with Crippen molar-refractivity contribution in [2.75, 3.05) is 32.8 Å². The molecule has 9 rings (SSSR count). The van der Waals surface area contributed by atoms with Crippen LogP contribution in [0.5, 0.6) is 0 Å². The summed E-state index contributed by atoms with van der Waals surface area (Å²) in [6.07, 6.45) is 8.53. The Balaban J connectivity index is 0.964. The minimum atomic E-state index is -0.568. The van der Waals surface area contributed by atoms with Crippen molar-refractivity contribution in [1.82, 2.24) is 15.1 Å². The van der Waals surface area contributed by atoms with Gasteiger partial charge in [0.1, 0.15) is 17.2 Å². The van der Waals surface area contributed by atoms with Crippen molar-refractivity contribution in [3.05, 3.63) is 76.6 Å². The van der Waals surface area contributed by atoms with Crippen LogP contribution in [0.4, 0.5) is 0 Å². The minimum absolute atomic E-state index is 0.00959. The standard InChI is InChI=1S/C42H51BN4O6/c1-5-47(33-13-16-50-17-14-33)40(49)29(23-44)18-27-10-11-28-12-15-46(24-30(28)19-27)25-39(48)45-38(20-31-26-51-35-9-7-6-8-34(31)35)43-52-37-22-32-21-36(41(32,2)3)42(37,4)53-43/h6-11,18-19,26,32-33,36-38H,5,12-17,20-22,24-25H2,1-4H3,(H,45,48)/t32-,36-,37+,38-,42-/m0/s1. The molecule has 5 fully saturated rings. The zero-order valence-electron chi connectivity index (χ0n) is 31.4. The first-order chi connectivity index (χ1) is 25.6. The number of amides is 2. The summed E-state index contributed by atoms with van der Waals surface area (Å²) >= 11 is 0. The van der Waals surface area contributed by atoms with E-state index in [1.165, 1.54) is 5.56 Å². The first kappa shape index (κ1) is 36.1. The van der Waals surface area contributed by atoms with Crippen molar-refractivity contribution in [2.45, 2.75) is 96.5 Å². The number of hydrogen-bond acceptors (Lipinski definition) is 8. The molecule has 0 spiro atoms. The third kappa shape index (κ3) is 6.73. The van der Waals surface area contributed by atoms with E-state index < -0.39 is 13.1 Å². The molecule has 2 amide bonds. The van der Waals surface area contributed by atoms with Crippen LogP contribution < -0.4 is 5.32 Å². The molecule has 6 aliphatic rings. The van der Waals surface area contributed by atoms with Crippen LogP contribution in [0.3, 0.4) is 0 Å². The van der Waals surface area contributed by atoms with E-state index in [9.17, 15) is 14.9 Å². The third-order valence-corrected chi connectivity index (χ3v) is 13.2. The second-order valence-corrected chi connectivity index (χ2v) is 16.6. The molecule has 3 saturated carbocycles. The van der Waals surface area contributed by atoms with Gasteiger partial charge in [0.05, 0.1) is 30.5 Å². The number of benzene rings is 2. The summed E-state index contributed by atoms with van der Waals surface area (Å²) in [5, 5.41) is 14.4. The summed E-state index contributed by atoms with van der Waals surface area (Å²) in [5.74, 6) is 0.338. The van der Waals surface area contributed by atoms with E-state index >= 15 is 0 Å². The average molecular weight is 719 g/mol. The van der Waals surface area contributed by atoms with Gasteiger partial charge in [-0.15, -0.1) is 0 Å². The van der Waals surface area contributed by atoms with Gasteiger partial charge in [0.15, 0.2) is 0 Å². The molecule has 278 valence electrons.